The molecule has 2 aromatic rings. The van der Waals surface area contributed by atoms with Gasteiger partial charge in [0.2, 0.25) is 0 Å². The number of halogens is 2. The highest BCUT2D eigenvalue weighted by atomic mass is 79.9. The molecule has 3 nitrogen and oxygen atoms in total. The number of nitrogens with one attached hydrogen (secondary N) is 1. The summed E-state index contributed by atoms with van der Waals surface area (Å²) in [7, 11) is 1.47. The average Bonchev–Trinajstić information content (AvgIpc) is 2.49. The van der Waals surface area contributed by atoms with Gasteiger partial charge in [-0.3, -0.25) is 4.98 Å². The zero-order valence-corrected chi connectivity index (χ0v) is 13.7. The van der Waals surface area contributed by atoms with E-state index in [0.29, 0.717) is 12.0 Å². The smallest absolute Gasteiger partial charge is 0.168 e. The van der Waals surface area contributed by atoms with Gasteiger partial charge in [-0.1, -0.05) is 19.1 Å². The predicted octanol–water partition coefficient (Wildman–Crippen LogP) is 3.89. The van der Waals surface area contributed by atoms with E-state index in [1.807, 2.05) is 19.1 Å². The summed E-state index contributed by atoms with van der Waals surface area (Å²) in [5.41, 5.74) is 1.49. The standard InChI is InChI=1S/C16H18BrFN2O/c1-3-19-13(16-12(17)7-5-9-20-16)10-11-6-4-8-14(21-2)15(11)18/h4-9,13,19H,3,10H2,1-2H3. The third-order valence-electron chi connectivity index (χ3n) is 3.25. The quantitative estimate of drug-likeness (QED) is 0.856. The van der Waals surface area contributed by atoms with E-state index in [0.717, 1.165) is 16.7 Å². The first-order valence-electron chi connectivity index (χ1n) is 6.82. The summed E-state index contributed by atoms with van der Waals surface area (Å²) in [5.74, 6) is -0.0437. The van der Waals surface area contributed by atoms with Crippen molar-refractivity contribution in [2.24, 2.45) is 0 Å². The Balaban J connectivity index is 2.31. The van der Waals surface area contributed by atoms with Gasteiger partial charge >= 0.3 is 0 Å². The van der Waals surface area contributed by atoms with Gasteiger partial charge in [0.25, 0.3) is 0 Å². The maximum absolute atomic E-state index is 14.3. The van der Waals surface area contributed by atoms with Crippen LogP contribution in [0.4, 0.5) is 4.39 Å². The lowest BCUT2D eigenvalue weighted by Gasteiger charge is -2.19. The SMILES string of the molecule is CCNC(Cc1cccc(OC)c1F)c1ncccc1Br. The highest BCUT2D eigenvalue weighted by Crippen LogP contribution is 2.27. The van der Waals surface area contributed by atoms with E-state index < -0.39 is 0 Å². The zero-order chi connectivity index (χ0) is 15.2. The lowest BCUT2D eigenvalue weighted by Crippen LogP contribution is -2.24. The third kappa shape index (κ3) is 3.80. The van der Waals surface area contributed by atoms with Gasteiger partial charge in [-0.2, -0.15) is 0 Å². The van der Waals surface area contributed by atoms with Crippen LogP contribution < -0.4 is 10.1 Å². The summed E-state index contributed by atoms with van der Waals surface area (Å²) in [5, 5.41) is 3.35. The summed E-state index contributed by atoms with van der Waals surface area (Å²) in [6.07, 6.45) is 2.25. The topological polar surface area (TPSA) is 34.1 Å². The molecule has 0 spiro atoms. The van der Waals surface area contributed by atoms with Crippen LogP contribution in [0.15, 0.2) is 41.0 Å². The molecule has 0 aliphatic carbocycles. The Hall–Kier alpha value is -1.46. The molecule has 2 rings (SSSR count). The summed E-state index contributed by atoms with van der Waals surface area (Å²) < 4.78 is 20.3. The number of nitrogens with zero attached hydrogens (tertiary/aromatic N) is 1. The van der Waals surface area contributed by atoms with Crippen LogP contribution in [0.1, 0.15) is 24.2 Å². The molecule has 0 amide bonds. The van der Waals surface area contributed by atoms with Crippen molar-refractivity contribution < 1.29 is 9.13 Å². The summed E-state index contributed by atoms with van der Waals surface area (Å²) in [6, 6.07) is 8.94. The molecule has 21 heavy (non-hydrogen) atoms. The van der Waals surface area contributed by atoms with Crippen LogP contribution in [0.5, 0.6) is 5.75 Å². The minimum absolute atomic E-state index is 0.0628. The van der Waals surface area contributed by atoms with Crippen LogP contribution in [-0.4, -0.2) is 18.6 Å². The van der Waals surface area contributed by atoms with Gasteiger partial charge in [0.1, 0.15) is 0 Å². The Morgan fingerprint density at radius 3 is 2.81 bits per heavy atom. The van der Waals surface area contributed by atoms with Gasteiger partial charge in [-0.15, -0.1) is 0 Å². The lowest BCUT2D eigenvalue weighted by atomic mass is 10.0. The molecule has 0 aliphatic rings. The fourth-order valence-electron chi connectivity index (χ4n) is 2.26. The van der Waals surface area contributed by atoms with Crippen LogP contribution in [0.2, 0.25) is 0 Å². The molecular formula is C16H18BrFN2O. The van der Waals surface area contributed by atoms with E-state index in [9.17, 15) is 4.39 Å². The number of likely N-dealkylation sites (N-methyl/N-ethyl adjacent to an activating group) is 1. The molecule has 0 saturated heterocycles. The number of methoxy groups -OCH3 is 1. The molecule has 1 unspecified atom stereocenters. The van der Waals surface area contributed by atoms with Crippen LogP contribution in [0.3, 0.4) is 0 Å². The minimum atomic E-state index is -0.310. The first-order chi connectivity index (χ1) is 10.2. The van der Waals surface area contributed by atoms with Crippen LogP contribution in [-0.2, 0) is 6.42 Å². The highest BCUT2D eigenvalue weighted by Gasteiger charge is 2.18. The van der Waals surface area contributed by atoms with Crippen molar-refractivity contribution in [1.29, 1.82) is 0 Å². The van der Waals surface area contributed by atoms with Crippen molar-refractivity contribution in [2.75, 3.05) is 13.7 Å². The summed E-state index contributed by atoms with van der Waals surface area (Å²) >= 11 is 3.51. The van der Waals surface area contributed by atoms with E-state index >= 15 is 0 Å². The normalized spacial score (nSPS) is 12.2. The molecular weight excluding hydrogens is 335 g/mol. The number of hydrogen-bond donors (Lipinski definition) is 1. The number of hydrogen-bond acceptors (Lipinski definition) is 3. The summed E-state index contributed by atoms with van der Waals surface area (Å²) in [6.45, 7) is 2.80. The van der Waals surface area contributed by atoms with E-state index in [4.69, 9.17) is 4.74 Å². The summed E-state index contributed by atoms with van der Waals surface area (Å²) in [4.78, 5) is 4.40. The van der Waals surface area contributed by atoms with Crippen molar-refractivity contribution in [3.8, 4) is 5.75 Å². The first-order valence-corrected chi connectivity index (χ1v) is 7.61. The van der Waals surface area contributed by atoms with E-state index in [1.165, 1.54) is 7.11 Å². The van der Waals surface area contributed by atoms with E-state index in [1.54, 1.807) is 24.4 Å². The number of ether oxygens (including phenoxy) is 1. The Morgan fingerprint density at radius 2 is 2.14 bits per heavy atom. The molecule has 112 valence electrons. The van der Waals surface area contributed by atoms with Gasteiger partial charge in [0.15, 0.2) is 11.6 Å². The molecule has 5 heteroatoms. The van der Waals surface area contributed by atoms with Gasteiger partial charge < -0.3 is 10.1 Å². The third-order valence-corrected chi connectivity index (χ3v) is 3.93. The molecule has 1 heterocycles. The minimum Gasteiger partial charge on any atom is -0.494 e. The Bertz CT molecular complexity index is 607. The van der Waals surface area contributed by atoms with Gasteiger partial charge in [0.05, 0.1) is 18.8 Å². The largest absolute Gasteiger partial charge is 0.494 e. The van der Waals surface area contributed by atoms with Crippen molar-refractivity contribution in [3.05, 3.63) is 58.1 Å². The van der Waals surface area contributed by atoms with Crippen LogP contribution in [0, 0.1) is 5.82 Å². The Labute approximate surface area is 132 Å². The number of benzene rings is 1. The number of aromatic nitrogens is 1. The monoisotopic (exact) mass is 352 g/mol. The molecule has 0 fully saturated rings. The molecule has 0 bridgehead atoms. The fraction of sp³-hybridized carbons (Fsp3) is 0.312. The maximum Gasteiger partial charge on any atom is 0.168 e. The van der Waals surface area contributed by atoms with Crippen LogP contribution >= 0.6 is 15.9 Å². The van der Waals surface area contributed by atoms with E-state index in [-0.39, 0.29) is 17.6 Å². The molecule has 1 aromatic heterocycles. The molecule has 1 N–H and O–H groups in total. The van der Waals surface area contributed by atoms with Gasteiger partial charge in [-0.25, -0.2) is 4.39 Å². The lowest BCUT2D eigenvalue weighted by molar-refractivity contribution is 0.382. The molecule has 1 aromatic carbocycles. The second-order valence-corrected chi connectivity index (χ2v) is 5.47. The Kier molecular flexibility index (Phi) is 5.70. The predicted molar refractivity (Wildman–Crippen MR) is 85.0 cm³/mol. The van der Waals surface area contributed by atoms with Crippen molar-refractivity contribution in [2.45, 2.75) is 19.4 Å². The molecule has 0 radical (unpaired) electrons. The average molecular weight is 353 g/mol. The van der Waals surface area contributed by atoms with Crippen molar-refractivity contribution in [3.63, 3.8) is 0 Å². The maximum atomic E-state index is 14.3. The number of pyridine rings is 1. The van der Waals surface area contributed by atoms with Gasteiger partial charge in [0, 0.05) is 10.7 Å². The fourth-order valence-corrected chi connectivity index (χ4v) is 2.79. The molecule has 0 saturated carbocycles. The molecule has 1 atom stereocenters. The van der Waals surface area contributed by atoms with E-state index in [2.05, 4.69) is 26.2 Å². The highest BCUT2D eigenvalue weighted by molar-refractivity contribution is 9.10. The second kappa shape index (κ2) is 7.52. The number of rotatable bonds is 6. The van der Waals surface area contributed by atoms with Crippen LogP contribution in [0.25, 0.3) is 0 Å². The molecule has 0 aliphatic heterocycles. The van der Waals surface area contributed by atoms with Gasteiger partial charge in [-0.05, 0) is 52.7 Å². The zero-order valence-electron chi connectivity index (χ0n) is 12.1. The van der Waals surface area contributed by atoms with Crippen molar-refractivity contribution in [1.82, 2.24) is 10.3 Å². The van der Waals surface area contributed by atoms with Crippen molar-refractivity contribution >= 4 is 15.9 Å². The first kappa shape index (κ1) is 15.9. The second-order valence-electron chi connectivity index (χ2n) is 4.62. The Morgan fingerprint density at radius 1 is 1.33 bits per heavy atom.